The Kier molecular flexibility index (Phi) is 2.63. The molecule has 0 aliphatic heterocycles. The van der Waals surface area contributed by atoms with Crippen LogP contribution >= 0.6 is 0 Å². The van der Waals surface area contributed by atoms with Gasteiger partial charge in [0, 0.05) is 0 Å². The lowest BCUT2D eigenvalue weighted by atomic mass is 9.41. The minimum Gasteiger partial charge on any atom is -0.0996 e. The van der Waals surface area contributed by atoms with Crippen molar-refractivity contribution >= 4 is 0 Å². The zero-order valence-electron chi connectivity index (χ0n) is 13.8. The first kappa shape index (κ1) is 13.4. The van der Waals surface area contributed by atoms with Crippen LogP contribution in [-0.2, 0) is 0 Å². The van der Waals surface area contributed by atoms with Gasteiger partial charge in [-0.25, -0.2) is 0 Å². The molecule has 4 aliphatic rings. The van der Waals surface area contributed by atoms with E-state index >= 15 is 0 Å². The largest absolute Gasteiger partial charge is 0.0996 e. The molecule has 5 unspecified atom stereocenters. The minimum atomic E-state index is 0.584. The Morgan fingerprint density at radius 1 is 0.950 bits per heavy atom. The highest BCUT2D eigenvalue weighted by Gasteiger charge is 2.62. The van der Waals surface area contributed by atoms with Crippen LogP contribution in [0.15, 0.2) is 12.2 Å². The lowest BCUT2D eigenvalue weighted by Gasteiger charge is -2.64. The van der Waals surface area contributed by atoms with Gasteiger partial charge in [-0.2, -0.15) is 0 Å². The maximum atomic E-state index is 4.44. The zero-order valence-corrected chi connectivity index (χ0v) is 13.8. The lowest BCUT2D eigenvalue weighted by Crippen LogP contribution is -2.55. The Hall–Kier alpha value is -0.260. The molecule has 112 valence electrons. The molecule has 20 heavy (non-hydrogen) atoms. The molecule has 4 aliphatic carbocycles. The second kappa shape index (κ2) is 3.93. The molecular weight excluding hydrogens is 240 g/mol. The summed E-state index contributed by atoms with van der Waals surface area (Å²) in [6.07, 6.45) is 13.3. The van der Waals surface area contributed by atoms with Crippen molar-refractivity contribution in [3.05, 3.63) is 12.2 Å². The average molecular weight is 272 g/mol. The number of fused-ring (bicyclic) bond motifs is 3. The van der Waals surface area contributed by atoms with E-state index in [0.29, 0.717) is 16.2 Å². The molecule has 2 bridgehead atoms. The number of hydrogen-bond donors (Lipinski definition) is 0. The van der Waals surface area contributed by atoms with E-state index in [9.17, 15) is 0 Å². The van der Waals surface area contributed by atoms with Gasteiger partial charge in [-0.05, 0) is 85.4 Å². The van der Waals surface area contributed by atoms with E-state index in [1.54, 1.807) is 5.57 Å². The molecule has 0 saturated heterocycles. The topological polar surface area (TPSA) is 0 Å². The molecule has 0 aromatic heterocycles. The van der Waals surface area contributed by atoms with Crippen molar-refractivity contribution in [2.45, 2.75) is 78.6 Å². The SMILES string of the molecule is C=C1CC23CCC4C(C)(C)CCCC4(C)C2CCC1C3. The normalized spacial score (nSPS) is 53.4. The van der Waals surface area contributed by atoms with E-state index in [0.717, 1.165) is 17.8 Å². The first-order chi connectivity index (χ1) is 9.37. The van der Waals surface area contributed by atoms with Crippen LogP contribution in [0.1, 0.15) is 78.6 Å². The summed E-state index contributed by atoms with van der Waals surface area (Å²) < 4.78 is 0. The van der Waals surface area contributed by atoms with Crippen LogP contribution < -0.4 is 0 Å². The Morgan fingerprint density at radius 2 is 1.75 bits per heavy atom. The van der Waals surface area contributed by atoms with Crippen LogP contribution in [0.5, 0.6) is 0 Å². The number of hydrogen-bond acceptors (Lipinski definition) is 0. The van der Waals surface area contributed by atoms with Gasteiger partial charge in [0.25, 0.3) is 0 Å². The molecule has 0 nitrogen and oxygen atoms in total. The number of rotatable bonds is 0. The van der Waals surface area contributed by atoms with Crippen LogP contribution in [0, 0.1) is 34.0 Å². The van der Waals surface area contributed by atoms with E-state index in [1.165, 1.54) is 57.8 Å². The van der Waals surface area contributed by atoms with Crippen molar-refractivity contribution in [3.8, 4) is 0 Å². The highest BCUT2D eigenvalue weighted by Crippen LogP contribution is 2.72. The summed E-state index contributed by atoms with van der Waals surface area (Å²) in [6.45, 7) is 12.2. The summed E-state index contributed by atoms with van der Waals surface area (Å²) in [4.78, 5) is 0. The average Bonchev–Trinajstić information content (AvgIpc) is 2.58. The predicted molar refractivity (Wildman–Crippen MR) is 85.5 cm³/mol. The van der Waals surface area contributed by atoms with E-state index < -0.39 is 0 Å². The quantitative estimate of drug-likeness (QED) is 0.476. The van der Waals surface area contributed by atoms with Crippen LogP contribution in [0.4, 0.5) is 0 Å². The maximum absolute atomic E-state index is 4.44. The van der Waals surface area contributed by atoms with E-state index in [4.69, 9.17) is 0 Å². The van der Waals surface area contributed by atoms with Gasteiger partial charge in [0.05, 0.1) is 0 Å². The highest BCUT2D eigenvalue weighted by molar-refractivity contribution is 5.22. The molecule has 0 heterocycles. The summed E-state index contributed by atoms with van der Waals surface area (Å²) >= 11 is 0. The zero-order chi connectivity index (χ0) is 14.2. The molecule has 0 radical (unpaired) electrons. The maximum Gasteiger partial charge on any atom is -0.0200 e. The standard InChI is InChI=1S/C20H32/c1-14-12-20-11-8-16-18(2,3)9-5-10-19(16,4)17(20)7-6-15(14)13-20/h15-17H,1,5-13H2,2-4H3. The third-order valence-electron chi connectivity index (χ3n) is 8.36. The van der Waals surface area contributed by atoms with Gasteiger partial charge < -0.3 is 0 Å². The molecule has 5 atom stereocenters. The second-order valence-electron chi connectivity index (χ2n) is 9.67. The fraction of sp³-hybridized carbons (Fsp3) is 0.900. The second-order valence-corrected chi connectivity index (χ2v) is 9.67. The fourth-order valence-electron chi connectivity index (χ4n) is 7.68. The fourth-order valence-corrected chi connectivity index (χ4v) is 7.68. The summed E-state index contributed by atoms with van der Waals surface area (Å²) in [6, 6.07) is 0. The van der Waals surface area contributed by atoms with Gasteiger partial charge in [0.2, 0.25) is 0 Å². The first-order valence-electron chi connectivity index (χ1n) is 9.05. The molecule has 1 spiro atoms. The summed E-state index contributed by atoms with van der Waals surface area (Å²) in [7, 11) is 0. The molecule has 4 saturated carbocycles. The van der Waals surface area contributed by atoms with Gasteiger partial charge in [-0.3, -0.25) is 0 Å². The molecular formula is C20H32. The first-order valence-corrected chi connectivity index (χ1v) is 9.05. The van der Waals surface area contributed by atoms with Crippen LogP contribution in [-0.4, -0.2) is 0 Å². The predicted octanol–water partition coefficient (Wildman–Crippen LogP) is 5.98. The van der Waals surface area contributed by atoms with E-state index in [2.05, 4.69) is 27.4 Å². The smallest absolute Gasteiger partial charge is 0.0200 e. The van der Waals surface area contributed by atoms with Crippen molar-refractivity contribution < 1.29 is 0 Å². The minimum absolute atomic E-state index is 0.584. The number of allylic oxidation sites excluding steroid dienone is 1. The molecule has 0 aromatic carbocycles. The van der Waals surface area contributed by atoms with Crippen LogP contribution in [0.2, 0.25) is 0 Å². The molecule has 0 amide bonds. The van der Waals surface area contributed by atoms with Crippen LogP contribution in [0.25, 0.3) is 0 Å². The monoisotopic (exact) mass is 272 g/mol. The van der Waals surface area contributed by atoms with Gasteiger partial charge in [0.15, 0.2) is 0 Å². The van der Waals surface area contributed by atoms with Crippen molar-refractivity contribution in [2.24, 2.45) is 34.0 Å². The van der Waals surface area contributed by atoms with E-state index in [-0.39, 0.29) is 0 Å². The van der Waals surface area contributed by atoms with Crippen molar-refractivity contribution in [1.29, 1.82) is 0 Å². The summed E-state index contributed by atoms with van der Waals surface area (Å²) in [5, 5.41) is 0. The third-order valence-corrected chi connectivity index (χ3v) is 8.36. The Balaban J connectivity index is 1.74. The molecule has 4 rings (SSSR count). The van der Waals surface area contributed by atoms with Crippen molar-refractivity contribution in [1.82, 2.24) is 0 Å². The Morgan fingerprint density at radius 3 is 2.55 bits per heavy atom. The highest BCUT2D eigenvalue weighted by atomic mass is 14.7. The Labute approximate surface area is 125 Å². The Bertz CT molecular complexity index is 445. The summed E-state index contributed by atoms with van der Waals surface area (Å²) in [5.41, 5.74) is 3.51. The summed E-state index contributed by atoms with van der Waals surface area (Å²) in [5.74, 6) is 2.87. The molecule has 0 N–H and O–H groups in total. The van der Waals surface area contributed by atoms with Crippen molar-refractivity contribution in [3.63, 3.8) is 0 Å². The van der Waals surface area contributed by atoms with Crippen molar-refractivity contribution in [2.75, 3.05) is 0 Å². The molecule has 0 heteroatoms. The van der Waals surface area contributed by atoms with Gasteiger partial charge in [-0.15, -0.1) is 0 Å². The third kappa shape index (κ3) is 1.54. The molecule has 0 aromatic rings. The van der Waals surface area contributed by atoms with Gasteiger partial charge in [-0.1, -0.05) is 39.3 Å². The lowest BCUT2D eigenvalue weighted by molar-refractivity contribution is -0.144. The van der Waals surface area contributed by atoms with E-state index in [1.807, 2.05) is 0 Å². The van der Waals surface area contributed by atoms with Gasteiger partial charge >= 0.3 is 0 Å². The van der Waals surface area contributed by atoms with Crippen LogP contribution in [0.3, 0.4) is 0 Å². The van der Waals surface area contributed by atoms with Gasteiger partial charge in [0.1, 0.15) is 0 Å². The molecule has 4 fully saturated rings.